The largest absolute Gasteiger partial charge is 0.478 e. The van der Waals surface area contributed by atoms with E-state index in [1.165, 1.54) is 23.9 Å². The second-order valence-corrected chi connectivity index (χ2v) is 9.94. The number of carbonyl (C=O) groups excluding carboxylic acids is 1. The topological polar surface area (TPSA) is 127 Å². The molecule has 9 nitrogen and oxygen atoms in total. The molecule has 0 bridgehead atoms. The van der Waals surface area contributed by atoms with Crippen LogP contribution >= 0.6 is 11.8 Å². The molecule has 1 amide bonds. The molecule has 1 aromatic heterocycles. The molecule has 3 aromatic rings. The number of pyridine rings is 1. The minimum Gasteiger partial charge on any atom is -0.478 e. The van der Waals surface area contributed by atoms with E-state index in [1.54, 1.807) is 36.5 Å². The van der Waals surface area contributed by atoms with Crippen LogP contribution in [0.4, 0.5) is 10.5 Å². The smallest absolute Gasteiger partial charge is 0.411 e. The Labute approximate surface area is 230 Å². The van der Waals surface area contributed by atoms with E-state index in [0.29, 0.717) is 16.5 Å². The van der Waals surface area contributed by atoms with Crippen LogP contribution in [0.3, 0.4) is 0 Å². The predicted octanol–water partition coefficient (Wildman–Crippen LogP) is 5.59. The summed E-state index contributed by atoms with van der Waals surface area (Å²) in [5, 5.41) is 22.1. The van der Waals surface area contributed by atoms with E-state index in [4.69, 9.17) is 14.2 Å². The van der Waals surface area contributed by atoms with Crippen molar-refractivity contribution in [3.63, 3.8) is 0 Å². The highest BCUT2D eigenvalue weighted by atomic mass is 32.2. The Bertz CT molecular complexity index is 1280. The van der Waals surface area contributed by atoms with E-state index in [0.717, 1.165) is 16.7 Å². The van der Waals surface area contributed by atoms with Crippen LogP contribution in [-0.4, -0.2) is 45.7 Å². The summed E-state index contributed by atoms with van der Waals surface area (Å²) in [4.78, 5) is 27.8. The van der Waals surface area contributed by atoms with Crippen LogP contribution in [0.15, 0.2) is 84.5 Å². The second-order valence-electron chi connectivity index (χ2n) is 8.93. The summed E-state index contributed by atoms with van der Waals surface area (Å²) in [6.07, 6.45) is 1.14. The average Bonchev–Trinajstić information content (AvgIpc) is 2.96. The maximum atomic E-state index is 11.8. The molecule has 4 atom stereocenters. The standard InChI is InChI=1S/C29H30N2O7S/c1-3-15-36-29(35)31-22-12-10-21(11-13-22)28-37-24(17-39-26-23(27(33)34)5-4-14-30-26)18(2)25(38-28)20-8-6-19(16-32)7-9-20/h3-14,18,24-25,28,32H,1,15-17H2,2H3,(H,31,35)(H,33,34). The lowest BCUT2D eigenvalue weighted by molar-refractivity contribution is -0.268. The van der Waals surface area contributed by atoms with Crippen molar-refractivity contribution in [2.45, 2.75) is 37.1 Å². The van der Waals surface area contributed by atoms with E-state index < -0.39 is 18.4 Å². The number of aliphatic hydroxyl groups excluding tert-OH is 1. The van der Waals surface area contributed by atoms with Gasteiger partial charge in [-0.1, -0.05) is 56.0 Å². The third-order valence-electron chi connectivity index (χ3n) is 6.27. The number of carboxylic acids is 1. The monoisotopic (exact) mass is 550 g/mol. The normalized spacial score (nSPS) is 20.7. The molecule has 1 aliphatic heterocycles. The average molecular weight is 551 g/mol. The lowest BCUT2D eigenvalue weighted by atomic mass is 9.91. The number of hydrogen-bond acceptors (Lipinski definition) is 8. The first kappa shape index (κ1) is 28.3. The van der Waals surface area contributed by atoms with Gasteiger partial charge in [0.05, 0.1) is 24.4 Å². The molecule has 204 valence electrons. The number of amides is 1. The highest BCUT2D eigenvalue weighted by molar-refractivity contribution is 7.99. The minimum absolute atomic E-state index is 0.0517. The molecule has 10 heteroatoms. The van der Waals surface area contributed by atoms with E-state index in [1.807, 2.05) is 31.2 Å². The Balaban J connectivity index is 1.55. The lowest BCUT2D eigenvalue weighted by Gasteiger charge is -2.41. The first-order valence-electron chi connectivity index (χ1n) is 12.4. The van der Waals surface area contributed by atoms with Gasteiger partial charge >= 0.3 is 12.1 Å². The molecular weight excluding hydrogens is 520 g/mol. The quantitative estimate of drug-likeness (QED) is 0.219. The Morgan fingerprint density at radius 3 is 2.49 bits per heavy atom. The number of ether oxygens (including phenoxy) is 3. The van der Waals surface area contributed by atoms with Crippen LogP contribution in [0.2, 0.25) is 0 Å². The van der Waals surface area contributed by atoms with Crippen LogP contribution in [0.25, 0.3) is 0 Å². The van der Waals surface area contributed by atoms with Crippen molar-refractivity contribution in [1.82, 2.24) is 4.98 Å². The molecule has 3 N–H and O–H groups in total. The van der Waals surface area contributed by atoms with E-state index in [9.17, 15) is 19.8 Å². The molecule has 0 aliphatic carbocycles. The minimum atomic E-state index is -1.03. The van der Waals surface area contributed by atoms with Crippen LogP contribution in [0.1, 0.15) is 46.4 Å². The molecule has 4 rings (SSSR count). The fourth-order valence-corrected chi connectivity index (χ4v) is 5.30. The summed E-state index contributed by atoms with van der Waals surface area (Å²) in [7, 11) is 0. The molecule has 0 spiro atoms. The Morgan fingerprint density at radius 1 is 1.10 bits per heavy atom. The van der Waals surface area contributed by atoms with E-state index >= 15 is 0 Å². The summed E-state index contributed by atoms with van der Waals surface area (Å²) < 4.78 is 17.8. The number of nitrogens with one attached hydrogen (secondary N) is 1. The van der Waals surface area contributed by atoms with Crippen LogP contribution in [0.5, 0.6) is 0 Å². The van der Waals surface area contributed by atoms with Gasteiger partial charge in [-0.05, 0) is 35.4 Å². The third kappa shape index (κ3) is 7.24. The zero-order chi connectivity index (χ0) is 27.8. The van der Waals surface area contributed by atoms with Crippen molar-refractivity contribution in [1.29, 1.82) is 0 Å². The van der Waals surface area contributed by atoms with Crippen molar-refractivity contribution >= 4 is 29.5 Å². The Hall–Kier alpha value is -3.70. The van der Waals surface area contributed by atoms with E-state index in [2.05, 4.69) is 16.9 Å². The van der Waals surface area contributed by atoms with Crippen molar-refractivity contribution in [2.75, 3.05) is 17.7 Å². The van der Waals surface area contributed by atoms with Gasteiger partial charge in [0, 0.05) is 29.1 Å². The van der Waals surface area contributed by atoms with Gasteiger partial charge < -0.3 is 24.4 Å². The van der Waals surface area contributed by atoms with Gasteiger partial charge in [-0.25, -0.2) is 14.6 Å². The molecule has 39 heavy (non-hydrogen) atoms. The maximum Gasteiger partial charge on any atom is 0.411 e. The van der Waals surface area contributed by atoms with Gasteiger partial charge in [-0.2, -0.15) is 0 Å². The van der Waals surface area contributed by atoms with Gasteiger partial charge in [0.25, 0.3) is 0 Å². The fraction of sp³-hybridized carbons (Fsp3) is 0.276. The second kappa shape index (κ2) is 13.4. The summed E-state index contributed by atoms with van der Waals surface area (Å²) >= 11 is 1.33. The fourth-order valence-electron chi connectivity index (χ4n) is 4.15. The number of hydrogen-bond donors (Lipinski definition) is 3. The van der Waals surface area contributed by atoms with Crippen molar-refractivity contribution in [3.05, 3.63) is 102 Å². The zero-order valence-corrected chi connectivity index (χ0v) is 22.2. The van der Waals surface area contributed by atoms with Gasteiger partial charge in [0.1, 0.15) is 11.6 Å². The first-order valence-corrected chi connectivity index (χ1v) is 13.3. The third-order valence-corrected chi connectivity index (χ3v) is 7.36. The summed E-state index contributed by atoms with van der Waals surface area (Å²) in [5.41, 5.74) is 3.19. The molecule has 0 saturated carbocycles. The first-order chi connectivity index (χ1) is 18.9. The van der Waals surface area contributed by atoms with E-state index in [-0.39, 0.29) is 36.9 Å². The summed E-state index contributed by atoms with van der Waals surface area (Å²) in [6.45, 7) is 5.61. The van der Waals surface area contributed by atoms with Gasteiger partial charge in [-0.15, -0.1) is 11.8 Å². The zero-order valence-electron chi connectivity index (χ0n) is 21.4. The van der Waals surface area contributed by atoms with Gasteiger partial charge in [-0.3, -0.25) is 5.32 Å². The maximum absolute atomic E-state index is 11.8. The number of carbonyl (C=O) groups is 2. The summed E-state index contributed by atoms with van der Waals surface area (Å²) in [6, 6.07) is 17.8. The molecule has 2 heterocycles. The van der Waals surface area contributed by atoms with Crippen molar-refractivity contribution < 1.29 is 34.0 Å². The van der Waals surface area contributed by atoms with Crippen LogP contribution < -0.4 is 5.32 Å². The number of rotatable bonds is 10. The van der Waals surface area contributed by atoms with Crippen LogP contribution in [-0.2, 0) is 20.8 Å². The van der Waals surface area contributed by atoms with Crippen molar-refractivity contribution in [2.24, 2.45) is 5.92 Å². The number of thioether (sulfide) groups is 1. The van der Waals surface area contributed by atoms with Crippen LogP contribution in [0, 0.1) is 5.92 Å². The molecule has 1 saturated heterocycles. The number of nitrogens with zero attached hydrogens (tertiary/aromatic N) is 1. The number of anilines is 1. The molecule has 4 unspecified atom stereocenters. The number of aliphatic hydroxyl groups is 1. The van der Waals surface area contributed by atoms with Gasteiger partial charge in [0.2, 0.25) is 0 Å². The molecule has 2 aromatic carbocycles. The summed E-state index contributed by atoms with van der Waals surface area (Å²) in [5.74, 6) is -0.655. The lowest BCUT2D eigenvalue weighted by Crippen LogP contribution is -2.38. The molecule has 1 aliphatic rings. The number of aromatic nitrogens is 1. The van der Waals surface area contributed by atoms with Crippen molar-refractivity contribution in [3.8, 4) is 0 Å². The Kier molecular flexibility index (Phi) is 9.72. The number of carboxylic acid groups (broad SMARTS) is 1. The highest BCUT2D eigenvalue weighted by Gasteiger charge is 2.38. The number of benzene rings is 2. The Morgan fingerprint density at radius 2 is 1.82 bits per heavy atom. The number of aromatic carboxylic acids is 1. The molecular formula is C29H30N2O7S. The molecule has 0 radical (unpaired) electrons. The van der Waals surface area contributed by atoms with Gasteiger partial charge in [0.15, 0.2) is 6.29 Å². The molecule has 1 fully saturated rings. The highest BCUT2D eigenvalue weighted by Crippen LogP contribution is 2.43. The SMILES string of the molecule is C=CCOC(=O)Nc1ccc(C2OC(CSc3ncccc3C(=O)O)C(C)C(c3ccc(CO)cc3)O2)cc1. The predicted molar refractivity (Wildman–Crippen MR) is 146 cm³/mol.